The zero-order valence-electron chi connectivity index (χ0n) is 15.8. The van der Waals surface area contributed by atoms with Crippen LogP contribution >= 0.6 is 0 Å². The first kappa shape index (κ1) is 21.4. The Hall–Kier alpha value is -1.93. The van der Waals surface area contributed by atoms with E-state index in [4.69, 9.17) is 0 Å². The molecule has 0 spiro atoms. The first-order valence-electron chi connectivity index (χ1n) is 9.35. The number of amides is 1. The molecule has 1 amide bonds. The van der Waals surface area contributed by atoms with Crippen molar-refractivity contribution in [3.63, 3.8) is 0 Å². The van der Waals surface area contributed by atoms with Crippen molar-refractivity contribution in [1.29, 1.82) is 0 Å². The molecule has 1 heterocycles. The summed E-state index contributed by atoms with van der Waals surface area (Å²) in [5.74, 6) is -1.49. The number of sulfonamides is 1. The molecular formula is C19H28N2O5S. The van der Waals surface area contributed by atoms with Gasteiger partial charge in [0, 0.05) is 18.7 Å². The molecule has 0 bridgehead atoms. The fourth-order valence-electron chi connectivity index (χ4n) is 3.14. The van der Waals surface area contributed by atoms with E-state index in [0.717, 1.165) is 25.7 Å². The van der Waals surface area contributed by atoms with Crippen LogP contribution in [0.3, 0.4) is 0 Å². The maximum Gasteiger partial charge on any atom is 0.326 e. The lowest BCUT2D eigenvalue weighted by Gasteiger charge is -2.20. The maximum absolute atomic E-state index is 12.8. The van der Waals surface area contributed by atoms with Crippen LogP contribution in [-0.4, -0.2) is 48.8 Å². The molecule has 2 N–H and O–H groups in total. The van der Waals surface area contributed by atoms with Crippen LogP contribution in [0, 0.1) is 5.92 Å². The number of carboxylic acid groups (broad SMARTS) is 1. The molecule has 1 fully saturated rings. The predicted octanol–water partition coefficient (Wildman–Crippen LogP) is 2.48. The SMILES string of the molecule is CC(C)CC(NC(=O)c1ccc(S(=O)(=O)N2CCCCCC2)cc1)C(=O)O. The van der Waals surface area contributed by atoms with Crippen molar-refractivity contribution in [2.45, 2.75) is 56.9 Å². The number of nitrogens with one attached hydrogen (secondary N) is 1. The number of aliphatic carboxylic acids is 1. The van der Waals surface area contributed by atoms with E-state index in [1.54, 1.807) is 0 Å². The van der Waals surface area contributed by atoms with Gasteiger partial charge in [0.2, 0.25) is 10.0 Å². The lowest BCUT2D eigenvalue weighted by atomic mass is 10.0. The van der Waals surface area contributed by atoms with Gasteiger partial charge >= 0.3 is 5.97 Å². The van der Waals surface area contributed by atoms with Crippen molar-refractivity contribution in [2.24, 2.45) is 5.92 Å². The van der Waals surface area contributed by atoms with Crippen LogP contribution in [0.4, 0.5) is 0 Å². The summed E-state index contributed by atoms with van der Waals surface area (Å²) < 4.78 is 27.0. The molecule has 0 radical (unpaired) electrons. The third-order valence-electron chi connectivity index (χ3n) is 4.63. The predicted molar refractivity (Wildman–Crippen MR) is 102 cm³/mol. The molecule has 0 aliphatic carbocycles. The lowest BCUT2D eigenvalue weighted by Crippen LogP contribution is -2.41. The molecule has 1 aromatic rings. The van der Waals surface area contributed by atoms with Gasteiger partial charge in [-0.15, -0.1) is 0 Å². The summed E-state index contributed by atoms with van der Waals surface area (Å²) in [5, 5.41) is 11.7. The number of carbonyl (C=O) groups excluding carboxylic acids is 1. The Morgan fingerprint density at radius 2 is 1.63 bits per heavy atom. The van der Waals surface area contributed by atoms with Crippen LogP contribution < -0.4 is 5.32 Å². The van der Waals surface area contributed by atoms with Gasteiger partial charge in [-0.25, -0.2) is 13.2 Å². The van der Waals surface area contributed by atoms with E-state index in [2.05, 4.69) is 5.32 Å². The van der Waals surface area contributed by atoms with Crippen LogP contribution in [0.2, 0.25) is 0 Å². The molecule has 7 nitrogen and oxygen atoms in total. The highest BCUT2D eigenvalue weighted by Crippen LogP contribution is 2.20. The average molecular weight is 397 g/mol. The quantitative estimate of drug-likeness (QED) is 0.737. The number of hydrogen-bond donors (Lipinski definition) is 2. The van der Waals surface area contributed by atoms with E-state index >= 15 is 0 Å². The third-order valence-corrected chi connectivity index (χ3v) is 6.54. The Labute approximate surface area is 160 Å². The Morgan fingerprint density at radius 3 is 2.11 bits per heavy atom. The number of hydrogen-bond acceptors (Lipinski definition) is 4. The van der Waals surface area contributed by atoms with Gasteiger partial charge in [0.1, 0.15) is 6.04 Å². The van der Waals surface area contributed by atoms with Crippen LogP contribution in [0.5, 0.6) is 0 Å². The van der Waals surface area contributed by atoms with Crippen molar-refractivity contribution in [3.8, 4) is 0 Å². The first-order valence-corrected chi connectivity index (χ1v) is 10.8. The highest BCUT2D eigenvalue weighted by atomic mass is 32.2. The van der Waals surface area contributed by atoms with Crippen molar-refractivity contribution in [3.05, 3.63) is 29.8 Å². The summed E-state index contributed by atoms with van der Waals surface area (Å²) >= 11 is 0. The number of nitrogens with zero attached hydrogens (tertiary/aromatic N) is 1. The van der Waals surface area contributed by atoms with Gasteiger partial charge < -0.3 is 10.4 Å². The van der Waals surface area contributed by atoms with E-state index in [1.165, 1.54) is 28.6 Å². The molecule has 0 aromatic heterocycles. The van der Waals surface area contributed by atoms with Gasteiger partial charge in [-0.05, 0) is 49.4 Å². The summed E-state index contributed by atoms with van der Waals surface area (Å²) in [6.45, 7) is 4.79. The van der Waals surface area contributed by atoms with E-state index < -0.39 is 27.9 Å². The molecule has 1 saturated heterocycles. The van der Waals surface area contributed by atoms with Gasteiger partial charge in [-0.3, -0.25) is 4.79 Å². The zero-order valence-corrected chi connectivity index (χ0v) is 16.7. The van der Waals surface area contributed by atoms with E-state index in [1.807, 2.05) is 13.8 Å². The Balaban J connectivity index is 2.11. The summed E-state index contributed by atoms with van der Waals surface area (Å²) in [4.78, 5) is 23.8. The minimum atomic E-state index is -3.57. The summed E-state index contributed by atoms with van der Waals surface area (Å²) in [5.41, 5.74) is 0.236. The molecule has 1 aromatic carbocycles. The summed E-state index contributed by atoms with van der Waals surface area (Å²) in [7, 11) is -3.57. The minimum absolute atomic E-state index is 0.118. The summed E-state index contributed by atoms with van der Waals surface area (Å²) in [6.07, 6.45) is 4.10. The molecule has 1 atom stereocenters. The van der Waals surface area contributed by atoms with Gasteiger partial charge in [0.15, 0.2) is 0 Å². The Kier molecular flexibility index (Phi) is 7.38. The molecule has 0 saturated carbocycles. The standard InChI is InChI=1S/C19H28N2O5S/c1-14(2)13-17(19(23)24)20-18(22)15-7-9-16(10-8-15)27(25,26)21-11-5-3-4-6-12-21/h7-10,14,17H,3-6,11-13H2,1-2H3,(H,20,22)(H,23,24). The number of carboxylic acids is 1. The Bertz CT molecular complexity index is 751. The molecule has 8 heteroatoms. The normalized spacial score (nSPS) is 17.3. The summed E-state index contributed by atoms with van der Waals surface area (Å²) in [6, 6.07) is 4.70. The van der Waals surface area contributed by atoms with Gasteiger partial charge in [-0.1, -0.05) is 26.7 Å². The van der Waals surface area contributed by atoms with Gasteiger partial charge in [-0.2, -0.15) is 4.31 Å². The van der Waals surface area contributed by atoms with Gasteiger partial charge in [0.25, 0.3) is 5.91 Å². The molecule has 150 valence electrons. The van der Waals surface area contributed by atoms with Crippen molar-refractivity contribution >= 4 is 21.9 Å². The molecule has 1 aliphatic rings. The van der Waals surface area contributed by atoms with Crippen molar-refractivity contribution < 1.29 is 23.1 Å². The van der Waals surface area contributed by atoms with Crippen molar-refractivity contribution in [2.75, 3.05) is 13.1 Å². The highest BCUT2D eigenvalue weighted by molar-refractivity contribution is 7.89. The van der Waals surface area contributed by atoms with Crippen molar-refractivity contribution in [1.82, 2.24) is 9.62 Å². The van der Waals surface area contributed by atoms with Crippen LogP contribution in [-0.2, 0) is 14.8 Å². The number of carbonyl (C=O) groups is 2. The van der Waals surface area contributed by atoms with Crippen LogP contribution in [0.15, 0.2) is 29.2 Å². The Morgan fingerprint density at radius 1 is 1.07 bits per heavy atom. The smallest absolute Gasteiger partial charge is 0.326 e. The third kappa shape index (κ3) is 5.77. The fraction of sp³-hybridized carbons (Fsp3) is 0.579. The zero-order chi connectivity index (χ0) is 20.0. The highest BCUT2D eigenvalue weighted by Gasteiger charge is 2.26. The van der Waals surface area contributed by atoms with E-state index in [-0.39, 0.29) is 16.4 Å². The van der Waals surface area contributed by atoms with E-state index in [0.29, 0.717) is 19.5 Å². The maximum atomic E-state index is 12.8. The molecule has 2 rings (SSSR count). The molecular weight excluding hydrogens is 368 g/mol. The second-order valence-electron chi connectivity index (χ2n) is 7.34. The molecule has 1 aliphatic heterocycles. The number of rotatable bonds is 7. The van der Waals surface area contributed by atoms with Crippen LogP contribution in [0.1, 0.15) is 56.3 Å². The lowest BCUT2D eigenvalue weighted by molar-refractivity contribution is -0.139. The largest absolute Gasteiger partial charge is 0.480 e. The number of benzene rings is 1. The van der Waals surface area contributed by atoms with Gasteiger partial charge in [0.05, 0.1) is 4.90 Å². The molecule has 1 unspecified atom stereocenters. The fourth-order valence-corrected chi connectivity index (χ4v) is 4.66. The topological polar surface area (TPSA) is 104 Å². The second-order valence-corrected chi connectivity index (χ2v) is 9.27. The minimum Gasteiger partial charge on any atom is -0.480 e. The monoisotopic (exact) mass is 396 g/mol. The second kappa shape index (κ2) is 9.32. The van der Waals surface area contributed by atoms with E-state index in [9.17, 15) is 23.1 Å². The molecule has 27 heavy (non-hydrogen) atoms. The first-order chi connectivity index (χ1) is 12.7. The average Bonchev–Trinajstić information content (AvgIpc) is 2.90. The van der Waals surface area contributed by atoms with Crippen LogP contribution in [0.25, 0.3) is 0 Å².